The van der Waals surface area contributed by atoms with Gasteiger partial charge in [-0.15, -0.1) is 0 Å². The zero-order valence-corrected chi connectivity index (χ0v) is 11.9. The molecule has 0 atom stereocenters. The molecule has 110 valence electrons. The maximum Gasteiger partial charge on any atom is 0.246 e. The molecule has 1 fully saturated rings. The lowest BCUT2D eigenvalue weighted by atomic mass is 10.2. The van der Waals surface area contributed by atoms with E-state index in [0.29, 0.717) is 6.61 Å². The highest BCUT2D eigenvalue weighted by molar-refractivity contribution is 5.77. The molecule has 0 heterocycles. The molecule has 1 aliphatic rings. The lowest BCUT2D eigenvalue weighted by Gasteiger charge is -2.07. The number of carbonyl (C=O) groups is 1. The number of rotatable bonds is 10. The molecule has 1 aliphatic carbocycles. The van der Waals surface area contributed by atoms with Gasteiger partial charge in [0.25, 0.3) is 0 Å². The zero-order chi connectivity index (χ0) is 14.0. The molecule has 0 saturated heterocycles. The Labute approximate surface area is 120 Å². The molecule has 0 bridgehead atoms. The number of amides is 1. The number of carbonyl (C=O) groups excluding carboxylic acids is 1. The quantitative estimate of drug-likeness (QED) is 0.640. The van der Waals surface area contributed by atoms with E-state index in [1.807, 2.05) is 18.2 Å². The molecule has 1 saturated carbocycles. The Balaban J connectivity index is 1.38. The monoisotopic (exact) mass is 276 g/mol. The molecular weight excluding hydrogens is 252 g/mol. The third-order valence-electron chi connectivity index (χ3n) is 3.33. The molecule has 0 radical (unpaired) electrons. The van der Waals surface area contributed by atoms with Crippen molar-refractivity contribution in [1.29, 1.82) is 0 Å². The van der Waals surface area contributed by atoms with Crippen LogP contribution in [0.25, 0.3) is 0 Å². The number of benzene rings is 1. The van der Waals surface area contributed by atoms with Crippen LogP contribution in [0.3, 0.4) is 0 Å². The maximum atomic E-state index is 11.4. The molecule has 1 aromatic rings. The van der Waals surface area contributed by atoms with Gasteiger partial charge in [0, 0.05) is 19.7 Å². The van der Waals surface area contributed by atoms with E-state index in [9.17, 15) is 4.79 Å². The van der Waals surface area contributed by atoms with Gasteiger partial charge in [0.2, 0.25) is 5.91 Å². The van der Waals surface area contributed by atoms with Crippen molar-refractivity contribution in [2.45, 2.75) is 25.8 Å². The highest BCUT2D eigenvalue weighted by Gasteiger charge is 2.21. The van der Waals surface area contributed by atoms with E-state index < -0.39 is 0 Å². The standard InChI is InChI=1S/C16H24N2O2/c19-16(18-12-15-7-8-15)13-20-10-4-9-17-11-14-5-2-1-3-6-14/h1-3,5-6,15,17H,4,7-13H2,(H,18,19). The summed E-state index contributed by atoms with van der Waals surface area (Å²) in [6.45, 7) is 3.41. The van der Waals surface area contributed by atoms with Crippen LogP contribution in [-0.4, -0.2) is 32.2 Å². The molecule has 4 nitrogen and oxygen atoms in total. The van der Waals surface area contributed by atoms with E-state index in [0.717, 1.165) is 32.0 Å². The second kappa shape index (κ2) is 8.72. The van der Waals surface area contributed by atoms with E-state index in [1.165, 1.54) is 18.4 Å². The van der Waals surface area contributed by atoms with Gasteiger partial charge in [-0.25, -0.2) is 0 Å². The minimum Gasteiger partial charge on any atom is -0.372 e. The first kappa shape index (κ1) is 15.0. The third kappa shape index (κ3) is 6.68. The van der Waals surface area contributed by atoms with Crippen molar-refractivity contribution in [3.63, 3.8) is 0 Å². The van der Waals surface area contributed by atoms with Gasteiger partial charge in [0.15, 0.2) is 0 Å². The van der Waals surface area contributed by atoms with Crippen LogP contribution in [0.4, 0.5) is 0 Å². The Hall–Kier alpha value is -1.39. The van der Waals surface area contributed by atoms with E-state index in [2.05, 4.69) is 22.8 Å². The lowest BCUT2D eigenvalue weighted by molar-refractivity contribution is -0.125. The van der Waals surface area contributed by atoms with Crippen LogP contribution in [-0.2, 0) is 16.1 Å². The summed E-state index contributed by atoms with van der Waals surface area (Å²) in [6.07, 6.45) is 3.44. The Kier molecular flexibility index (Phi) is 6.54. The van der Waals surface area contributed by atoms with Crippen LogP contribution in [0.2, 0.25) is 0 Å². The van der Waals surface area contributed by atoms with Gasteiger partial charge >= 0.3 is 0 Å². The Morgan fingerprint density at radius 2 is 2.05 bits per heavy atom. The first-order valence-corrected chi connectivity index (χ1v) is 7.43. The van der Waals surface area contributed by atoms with Crippen molar-refractivity contribution in [1.82, 2.24) is 10.6 Å². The molecule has 0 aliphatic heterocycles. The van der Waals surface area contributed by atoms with Crippen molar-refractivity contribution in [3.05, 3.63) is 35.9 Å². The first-order valence-electron chi connectivity index (χ1n) is 7.43. The highest BCUT2D eigenvalue weighted by atomic mass is 16.5. The van der Waals surface area contributed by atoms with Crippen molar-refractivity contribution in [2.75, 3.05) is 26.3 Å². The molecule has 0 spiro atoms. The first-order chi connectivity index (χ1) is 9.84. The summed E-state index contributed by atoms with van der Waals surface area (Å²) in [5, 5.41) is 6.25. The predicted molar refractivity (Wildman–Crippen MR) is 79.3 cm³/mol. The van der Waals surface area contributed by atoms with Gasteiger partial charge in [-0.2, -0.15) is 0 Å². The Bertz CT molecular complexity index is 391. The summed E-state index contributed by atoms with van der Waals surface area (Å²) in [6, 6.07) is 10.3. The Morgan fingerprint density at radius 3 is 2.80 bits per heavy atom. The minimum absolute atomic E-state index is 0.00847. The maximum absolute atomic E-state index is 11.4. The van der Waals surface area contributed by atoms with E-state index >= 15 is 0 Å². The SMILES string of the molecule is O=C(COCCCNCc1ccccc1)NCC1CC1. The van der Waals surface area contributed by atoms with Crippen molar-refractivity contribution >= 4 is 5.91 Å². The molecule has 1 amide bonds. The van der Waals surface area contributed by atoms with Gasteiger partial charge in [0.1, 0.15) is 6.61 Å². The van der Waals surface area contributed by atoms with Crippen LogP contribution in [0.5, 0.6) is 0 Å². The van der Waals surface area contributed by atoms with Crippen molar-refractivity contribution in [2.24, 2.45) is 5.92 Å². The van der Waals surface area contributed by atoms with Crippen LogP contribution in [0.15, 0.2) is 30.3 Å². The molecule has 20 heavy (non-hydrogen) atoms. The fourth-order valence-corrected chi connectivity index (χ4v) is 1.92. The second-order valence-electron chi connectivity index (χ2n) is 5.32. The van der Waals surface area contributed by atoms with E-state index in [1.54, 1.807) is 0 Å². The molecule has 2 rings (SSSR count). The van der Waals surface area contributed by atoms with Crippen LogP contribution < -0.4 is 10.6 Å². The molecule has 0 aromatic heterocycles. The molecule has 1 aromatic carbocycles. The van der Waals surface area contributed by atoms with Gasteiger partial charge in [-0.1, -0.05) is 30.3 Å². The van der Waals surface area contributed by atoms with Crippen LogP contribution in [0, 0.1) is 5.92 Å². The third-order valence-corrected chi connectivity index (χ3v) is 3.33. The summed E-state index contributed by atoms with van der Waals surface area (Å²) in [7, 11) is 0. The number of nitrogens with one attached hydrogen (secondary N) is 2. The van der Waals surface area contributed by atoms with Gasteiger partial charge in [-0.3, -0.25) is 4.79 Å². The fourth-order valence-electron chi connectivity index (χ4n) is 1.92. The Morgan fingerprint density at radius 1 is 1.25 bits per heavy atom. The van der Waals surface area contributed by atoms with Crippen LogP contribution in [0.1, 0.15) is 24.8 Å². The summed E-state index contributed by atoms with van der Waals surface area (Å²) < 4.78 is 5.35. The van der Waals surface area contributed by atoms with Gasteiger partial charge < -0.3 is 15.4 Å². The molecule has 0 unspecified atom stereocenters. The summed E-state index contributed by atoms with van der Waals surface area (Å²) in [5.41, 5.74) is 1.29. The minimum atomic E-state index is 0.00847. The zero-order valence-electron chi connectivity index (χ0n) is 11.9. The normalized spacial score (nSPS) is 14.2. The van der Waals surface area contributed by atoms with E-state index in [-0.39, 0.29) is 12.5 Å². The largest absolute Gasteiger partial charge is 0.372 e. The van der Waals surface area contributed by atoms with Crippen LogP contribution >= 0.6 is 0 Å². The average Bonchev–Trinajstić information content (AvgIpc) is 3.29. The number of ether oxygens (including phenoxy) is 1. The van der Waals surface area contributed by atoms with Gasteiger partial charge in [-0.05, 0) is 37.3 Å². The smallest absolute Gasteiger partial charge is 0.246 e. The van der Waals surface area contributed by atoms with Crippen molar-refractivity contribution in [3.8, 4) is 0 Å². The summed E-state index contributed by atoms with van der Waals surface area (Å²) in [5.74, 6) is 0.732. The molecule has 2 N–H and O–H groups in total. The predicted octanol–water partition coefficient (Wildman–Crippen LogP) is 1.71. The number of hydrogen-bond donors (Lipinski definition) is 2. The highest BCUT2D eigenvalue weighted by Crippen LogP contribution is 2.27. The van der Waals surface area contributed by atoms with Gasteiger partial charge in [0.05, 0.1) is 0 Å². The fraction of sp³-hybridized carbons (Fsp3) is 0.562. The topological polar surface area (TPSA) is 50.4 Å². The molecular formula is C16H24N2O2. The van der Waals surface area contributed by atoms with Crippen molar-refractivity contribution < 1.29 is 9.53 Å². The summed E-state index contributed by atoms with van der Waals surface area (Å²) in [4.78, 5) is 11.4. The number of hydrogen-bond acceptors (Lipinski definition) is 3. The average molecular weight is 276 g/mol. The van der Waals surface area contributed by atoms with E-state index in [4.69, 9.17) is 4.74 Å². The molecule has 4 heteroatoms. The summed E-state index contributed by atoms with van der Waals surface area (Å²) >= 11 is 0. The lowest BCUT2D eigenvalue weighted by Crippen LogP contribution is -2.29. The second-order valence-corrected chi connectivity index (χ2v) is 5.32.